The number of ether oxygens (including phenoxy) is 1. The summed E-state index contributed by atoms with van der Waals surface area (Å²) in [6.45, 7) is 5.88. The average Bonchev–Trinajstić information content (AvgIpc) is 2.42. The first-order chi connectivity index (χ1) is 9.93. The molecule has 21 heavy (non-hydrogen) atoms. The van der Waals surface area contributed by atoms with Gasteiger partial charge in [-0.25, -0.2) is 0 Å². The van der Waals surface area contributed by atoms with Gasteiger partial charge in [0.05, 0.1) is 5.02 Å². The lowest BCUT2D eigenvalue weighted by Gasteiger charge is -2.19. The SMILES string of the molecule is CCCCCC(C)NC(=O)C(C)Oc1ccc(Cl)cc1Cl. The highest BCUT2D eigenvalue weighted by Gasteiger charge is 2.17. The number of benzene rings is 1. The van der Waals surface area contributed by atoms with Gasteiger partial charge in [-0.15, -0.1) is 0 Å². The quantitative estimate of drug-likeness (QED) is 0.691. The Hall–Kier alpha value is -0.930. The van der Waals surface area contributed by atoms with E-state index in [0.29, 0.717) is 15.8 Å². The van der Waals surface area contributed by atoms with E-state index in [-0.39, 0.29) is 11.9 Å². The third-order valence-electron chi connectivity index (χ3n) is 3.20. The summed E-state index contributed by atoms with van der Waals surface area (Å²) in [5.74, 6) is 0.326. The van der Waals surface area contributed by atoms with Crippen molar-refractivity contribution in [1.82, 2.24) is 5.32 Å². The third-order valence-corrected chi connectivity index (χ3v) is 3.73. The number of amides is 1. The van der Waals surface area contributed by atoms with Crippen molar-refractivity contribution in [3.05, 3.63) is 28.2 Å². The van der Waals surface area contributed by atoms with Crippen molar-refractivity contribution in [1.29, 1.82) is 0 Å². The first-order valence-corrected chi connectivity index (χ1v) is 8.11. The van der Waals surface area contributed by atoms with Crippen molar-refractivity contribution in [3.8, 4) is 5.75 Å². The largest absolute Gasteiger partial charge is 0.479 e. The van der Waals surface area contributed by atoms with E-state index in [2.05, 4.69) is 12.2 Å². The Morgan fingerprint density at radius 3 is 2.62 bits per heavy atom. The highest BCUT2D eigenvalue weighted by atomic mass is 35.5. The fourth-order valence-electron chi connectivity index (χ4n) is 1.95. The summed E-state index contributed by atoms with van der Waals surface area (Å²) in [5, 5.41) is 3.89. The van der Waals surface area contributed by atoms with Gasteiger partial charge in [0.15, 0.2) is 6.10 Å². The Morgan fingerprint density at radius 2 is 2.00 bits per heavy atom. The Labute approximate surface area is 137 Å². The van der Waals surface area contributed by atoms with Crippen LogP contribution in [0.4, 0.5) is 0 Å². The van der Waals surface area contributed by atoms with Crippen LogP contribution < -0.4 is 10.1 Å². The first kappa shape index (κ1) is 18.1. The molecule has 1 aromatic rings. The first-order valence-electron chi connectivity index (χ1n) is 7.36. The minimum Gasteiger partial charge on any atom is -0.479 e. The third kappa shape index (κ3) is 6.58. The number of halogens is 2. The van der Waals surface area contributed by atoms with Crippen molar-refractivity contribution >= 4 is 29.1 Å². The maximum absolute atomic E-state index is 12.1. The molecule has 0 spiro atoms. The number of hydrogen-bond donors (Lipinski definition) is 1. The Morgan fingerprint density at radius 1 is 1.29 bits per heavy atom. The van der Waals surface area contributed by atoms with Crippen molar-refractivity contribution in [2.75, 3.05) is 0 Å². The second-order valence-electron chi connectivity index (χ2n) is 5.24. The van der Waals surface area contributed by atoms with Crippen LogP contribution in [0.5, 0.6) is 5.75 Å². The number of nitrogens with one attached hydrogen (secondary N) is 1. The lowest BCUT2D eigenvalue weighted by atomic mass is 10.1. The van der Waals surface area contributed by atoms with E-state index >= 15 is 0 Å². The fraction of sp³-hybridized carbons (Fsp3) is 0.562. The lowest BCUT2D eigenvalue weighted by Crippen LogP contribution is -2.41. The van der Waals surface area contributed by atoms with Gasteiger partial charge in [0.25, 0.3) is 5.91 Å². The number of hydrogen-bond acceptors (Lipinski definition) is 2. The smallest absolute Gasteiger partial charge is 0.260 e. The molecule has 0 aromatic heterocycles. The standard InChI is InChI=1S/C16H23Cl2NO2/c1-4-5-6-7-11(2)19-16(20)12(3)21-15-9-8-13(17)10-14(15)18/h8-12H,4-7H2,1-3H3,(H,19,20). The average molecular weight is 332 g/mol. The summed E-state index contributed by atoms with van der Waals surface area (Å²) >= 11 is 11.9. The molecule has 0 bridgehead atoms. The van der Waals surface area contributed by atoms with E-state index in [0.717, 1.165) is 12.8 Å². The predicted molar refractivity (Wildman–Crippen MR) is 88.3 cm³/mol. The highest BCUT2D eigenvalue weighted by Crippen LogP contribution is 2.28. The van der Waals surface area contributed by atoms with Gasteiger partial charge in [-0.1, -0.05) is 49.4 Å². The molecule has 1 rings (SSSR count). The van der Waals surface area contributed by atoms with Gasteiger partial charge < -0.3 is 10.1 Å². The Balaban J connectivity index is 2.47. The van der Waals surface area contributed by atoms with Gasteiger partial charge in [0, 0.05) is 11.1 Å². The summed E-state index contributed by atoms with van der Waals surface area (Å²) in [6.07, 6.45) is 3.86. The van der Waals surface area contributed by atoms with E-state index in [1.165, 1.54) is 12.8 Å². The Kier molecular flexibility index (Phi) is 7.91. The molecule has 118 valence electrons. The van der Waals surface area contributed by atoms with Crippen LogP contribution in [0.3, 0.4) is 0 Å². The minimum atomic E-state index is -0.600. The zero-order valence-corrected chi connectivity index (χ0v) is 14.3. The van der Waals surface area contributed by atoms with E-state index in [1.807, 2.05) is 6.92 Å². The summed E-state index contributed by atoms with van der Waals surface area (Å²) in [7, 11) is 0. The Bertz CT molecular complexity index is 466. The summed E-state index contributed by atoms with van der Waals surface area (Å²) < 4.78 is 5.59. The van der Waals surface area contributed by atoms with Gasteiger partial charge in [-0.05, 0) is 38.5 Å². The van der Waals surface area contributed by atoms with Crippen LogP contribution in [-0.4, -0.2) is 18.1 Å². The van der Waals surface area contributed by atoms with E-state index in [1.54, 1.807) is 25.1 Å². The van der Waals surface area contributed by atoms with Crippen molar-refractivity contribution in [3.63, 3.8) is 0 Å². The van der Waals surface area contributed by atoms with Gasteiger partial charge in [-0.2, -0.15) is 0 Å². The van der Waals surface area contributed by atoms with E-state index in [4.69, 9.17) is 27.9 Å². The molecule has 0 fully saturated rings. The summed E-state index contributed by atoms with van der Waals surface area (Å²) in [6, 6.07) is 5.09. The van der Waals surface area contributed by atoms with Crippen LogP contribution in [0, 0.1) is 0 Å². The molecule has 1 amide bonds. The molecule has 2 unspecified atom stereocenters. The molecule has 1 aromatic carbocycles. The van der Waals surface area contributed by atoms with Crippen LogP contribution in [0.2, 0.25) is 10.0 Å². The van der Waals surface area contributed by atoms with Crippen LogP contribution >= 0.6 is 23.2 Å². The van der Waals surface area contributed by atoms with Gasteiger partial charge in [0.1, 0.15) is 5.75 Å². The summed E-state index contributed by atoms with van der Waals surface area (Å²) in [5.41, 5.74) is 0. The van der Waals surface area contributed by atoms with Gasteiger partial charge in [0.2, 0.25) is 0 Å². The molecule has 0 aliphatic carbocycles. The van der Waals surface area contributed by atoms with Crippen LogP contribution in [-0.2, 0) is 4.79 Å². The lowest BCUT2D eigenvalue weighted by molar-refractivity contribution is -0.127. The minimum absolute atomic E-state index is 0.134. The fourth-order valence-corrected chi connectivity index (χ4v) is 2.40. The van der Waals surface area contributed by atoms with E-state index in [9.17, 15) is 4.79 Å². The second kappa shape index (κ2) is 9.16. The van der Waals surface area contributed by atoms with E-state index < -0.39 is 6.10 Å². The maximum atomic E-state index is 12.1. The molecule has 0 aliphatic rings. The molecular weight excluding hydrogens is 309 g/mol. The molecule has 0 radical (unpaired) electrons. The van der Waals surface area contributed by atoms with Crippen LogP contribution in [0.15, 0.2) is 18.2 Å². The number of carbonyl (C=O) groups is 1. The molecule has 1 N–H and O–H groups in total. The molecule has 0 aliphatic heterocycles. The molecular formula is C16H23Cl2NO2. The maximum Gasteiger partial charge on any atom is 0.260 e. The highest BCUT2D eigenvalue weighted by molar-refractivity contribution is 6.35. The molecule has 0 heterocycles. The molecule has 3 nitrogen and oxygen atoms in total. The van der Waals surface area contributed by atoms with Crippen molar-refractivity contribution < 1.29 is 9.53 Å². The van der Waals surface area contributed by atoms with Gasteiger partial charge >= 0.3 is 0 Å². The van der Waals surface area contributed by atoms with Gasteiger partial charge in [-0.3, -0.25) is 4.79 Å². The second-order valence-corrected chi connectivity index (χ2v) is 6.08. The number of rotatable bonds is 8. The van der Waals surface area contributed by atoms with Crippen molar-refractivity contribution in [2.24, 2.45) is 0 Å². The number of carbonyl (C=O) groups excluding carboxylic acids is 1. The van der Waals surface area contributed by atoms with Crippen LogP contribution in [0.1, 0.15) is 46.5 Å². The summed E-state index contributed by atoms with van der Waals surface area (Å²) in [4.78, 5) is 12.1. The molecule has 2 atom stereocenters. The molecule has 0 saturated carbocycles. The number of unbranched alkanes of at least 4 members (excludes halogenated alkanes) is 2. The topological polar surface area (TPSA) is 38.3 Å². The predicted octanol–water partition coefficient (Wildman–Crippen LogP) is 4.85. The normalized spacial score (nSPS) is 13.6. The van der Waals surface area contributed by atoms with Crippen LogP contribution in [0.25, 0.3) is 0 Å². The molecule has 5 heteroatoms. The van der Waals surface area contributed by atoms with Crippen molar-refractivity contribution in [2.45, 2.75) is 58.6 Å². The zero-order chi connectivity index (χ0) is 15.8. The monoisotopic (exact) mass is 331 g/mol. The molecule has 0 saturated heterocycles. The zero-order valence-electron chi connectivity index (χ0n) is 12.8.